The lowest BCUT2D eigenvalue weighted by molar-refractivity contribution is -0.123. The molecule has 0 saturated heterocycles. The zero-order valence-corrected chi connectivity index (χ0v) is 24.2. The Morgan fingerprint density at radius 1 is 0.611 bits per heavy atom. The van der Waals surface area contributed by atoms with E-state index >= 15 is 0 Å². The molecule has 0 bridgehead atoms. The summed E-state index contributed by atoms with van der Waals surface area (Å²) in [7, 11) is 0. The van der Waals surface area contributed by atoms with E-state index in [1.54, 1.807) is 20.8 Å². The standard InChI is InChI=1S/C28H55N3O5/c1-8-9-10-11-12-13-14-15-16-18-21-29-24(32)23(31-26(34)36-28(5,6)7)20-17-19-22-30-25(33)35-27(2,3)4/h23H,8-22H2,1-7H3,(H,29,32)(H,30,33)(H,31,34)/t23-/m0/s1. The second-order valence-corrected chi connectivity index (χ2v) is 11.6. The number of ether oxygens (including phenoxy) is 2. The summed E-state index contributed by atoms with van der Waals surface area (Å²) in [5, 5.41) is 8.39. The van der Waals surface area contributed by atoms with Crippen molar-refractivity contribution in [3.8, 4) is 0 Å². The van der Waals surface area contributed by atoms with Crippen molar-refractivity contribution in [2.24, 2.45) is 0 Å². The van der Waals surface area contributed by atoms with E-state index in [9.17, 15) is 14.4 Å². The normalized spacial score (nSPS) is 12.5. The smallest absolute Gasteiger partial charge is 0.408 e. The van der Waals surface area contributed by atoms with E-state index in [0.29, 0.717) is 32.4 Å². The lowest BCUT2D eigenvalue weighted by Gasteiger charge is -2.23. The molecule has 3 amide bonds. The molecule has 0 saturated carbocycles. The minimum atomic E-state index is -0.676. The zero-order chi connectivity index (χ0) is 27.5. The molecule has 0 aliphatic heterocycles. The Morgan fingerprint density at radius 3 is 1.58 bits per heavy atom. The second kappa shape index (κ2) is 19.2. The number of hydrogen-bond donors (Lipinski definition) is 3. The molecule has 0 rings (SSSR count). The summed E-state index contributed by atoms with van der Waals surface area (Å²) in [5.41, 5.74) is -1.18. The van der Waals surface area contributed by atoms with Gasteiger partial charge in [-0.3, -0.25) is 4.79 Å². The van der Waals surface area contributed by atoms with Gasteiger partial charge in [0.1, 0.15) is 17.2 Å². The molecule has 8 heteroatoms. The third-order valence-corrected chi connectivity index (χ3v) is 5.42. The summed E-state index contributed by atoms with van der Waals surface area (Å²) in [6.07, 6.45) is 13.1. The molecule has 0 aromatic heterocycles. The van der Waals surface area contributed by atoms with Crippen LogP contribution < -0.4 is 16.0 Å². The van der Waals surface area contributed by atoms with E-state index < -0.39 is 29.4 Å². The van der Waals surface area contributed by atoms with E-state index in [4.69, 9.17) is 9.47 Å². The van der Waals surface area contributed by atoms with E-state index in [0.717, 1.165) is 12.8 Å². The fraction of sp³-hybridized carbons (Fsp3) is 0.893. The van der Waals surface area contributed by atoms with Crippen molar-refractivity contribution in [3.63, 3.8) is 0 Å². The molecule has 0 aromatic rings. The average molecular weight is 514 g/mol. The summed E-state index contributed by atoms with van der Waals surface area (Å²) >= 11 is 0. The van der Waals surface area contributed by atoms with Gasteiger partial charge in [0.2, 0.25) is 5.91 Å². The minimum Gasteiger partial charge on any atom is -0.444 e. The van der Waals surface area contributed by atoms with E-state index in [2.05, 4.69) is 22.9 Å². The minimum absolute atomic E-state index is 0.197. The number of amides is 3. The quantitative estimate of drug-likeness (QED) is 0.179. The second-order valence-electron chi connectivity index (χ2n) is 11.6. The van der Waals surface area contributed by atoms with Crippen LogP contribution in [-0.4, -0.2) is 48.4 Å². The lowest BCUT2D eigenvalue weighted by atomic mass is 10.1. The molecule has 0 fully saturated rings. The van der Waals surface area contributed by atoms with Gasteiger partial charge in [-0.1, -0.05) is 64.7 Å². The predicted octanol–water partition coefficient (Wildman–Crippen LogP) is 6.61. The molecule has 36 heavy (non-hydrogen) atoms. The van der Waals surface area contributed by atoms with Crippen LogP contribution >= 0.6 is 0 Å². The largest absolute Gasteiger partial charge is 0.444 e. The highest BCUT2D eigenvalue weighted by Gasteiger charge is 2.24. The Morgan fingerprint density at radius 2 is 1.06 bits per heavy atom. The number of carbonyl (C=O) groups is 3. The van der Waals surface area contributed by atoms with Crippen LogP contribution in [0.3, 0.4) is 0 Å². The first kappa shape index (κ1) is 34.0. The van der Waals surface area contributed by atoms with Crippen molar-refractivity contribution in [1.29, 1.82) is 0 Å². The molecule has 3 N–H and O–H groups in total. The lowest BCUT2D eigenvalue weighted by Crippen LogP contribution is -2.48. The monoisotopic (exact) mass is 513 g/mol. The highest BCUT2D eigenvalue weighted by atomic mass is 16.6. The maximum absolute atomic E-state index is 12.8. The van der Waals surface area contributed by atoms with Gasteiger partial charge in [0.15, 0.2) is 0 Å². The van der Waals surface area contributed by atoms with Crippen LogP contribution in [0.25, 0.3) is 0 Å². The third kappa shape index (κ3) is 22.5. The van der Waals surface area contributed by atoms with Crippen molar-refractivity contribution in [1.82, 2.24) is 16.0 Å². The van der Waals surface area contributed by atoms with Crippen LogP contribution in [0.5, 0.6) is 0 Å². The molecule has 1 atom stereocenters. The highest BCUT2D eigenvalue weighted by Crippen LogP contribution is 2.11. The first-order valence-electron chi connectivity index (χ1n) is 14.1. The van der Waals surface area contributed by atoms with Gasteiger partial charge in [0.05, 0.1) is 0 Å². The Bertz CT molecular complexity index is 611. The highest BCUT2D eigenvalue weighted by molar-refractivity contribution is 5.85. The van der Waals surface area contributed by atoms with Crippen molar-refractivity contribution in [2.45, 2.75) is 149 Å². The molecule has 0 aliphatic rings. The van der Waals surface area contributed by atoms with E-state index in [-0.39, 0.29) is 5.91 Å². The van der Waals surface area contributed by atoms with E-state index in [1.165, 1.54) is 51.4 Å². The SMILES string of the molecule is CCCCCCCCCCCCNC(=O)[C@H](CCCCNC(=O)OC(C)(C)C)NC(=O)OC(C)(C)C. The Balaban J connectivity index is 4.33. The first-order valence-corrected chi connectivity index (χ1v) is 14.1. The van der Waals surface area contributed by atoms with Gasteiger partial charge in [0.25, 0.3) is 0 Å². The van der Waals surface area contributed by atoms with Crippen LogP contribution in [0.4, 0.5) is 9.59 Å². The van der Waals surface area contributed by atoms with Gasteiger partial charge < -0.3 is 25.4 Å². The zero-order valence-electron chi connectivity index (χ0n) is 24.2. The number of nitrogens with one attached hydrogen (secondary N) is 3. The summed E-state index contributed by atoms with van der Waals surface area (Å²) in [4.78, 5) is 36.8. The van der Waals surface area contributed by atoms with Gasteiger partial charge in [-0.15, -0.1) is 0 Å². The predicted molar refractivity (Wildman–Crippen MR) is 146 cm³/mol. The van der Waals surface area contributed by atoms with Crippen LogP contribution in [0.1, 0.15) is 132 Å². The third-order valence-electron chi connectivity index (χ3n) is 5.42. The molecular weight excluding hydrogens is 458 g/mol. The van der Waals surface area contributed by atoms with E-state index in [1.807, 2.05) is 20.8 Å². The first-order chi connectivity index (χ1) is 16.8. The average Bonchev–Trinajstić information content (AvgIpc) is 2.73. The number of unbranched alkanes of at least 4 members (excludes halogenated alkanes) is 10. The molecule has 0 aliphatic carbocycles. The summed E-state index contributed by atoms with van der Waals surface area (Å²) in [6, 6.07) is -0.676. The number of alkyl carbamates (subject to hydrolysis) is 2. The van der Waals surface area contributed by atoms with Gasteiger partial charge >= 0.3 is 12.2 Å². The number of hydrogen-bond acceptors (Lipinski definition) is 5. The van der Waals surface area contributed by atoms with Crippen molar-refractivity contribution in [2.75, 3.05) is 13.1 Å². The topological polar surface area (TPSA) is 106 Å². The number of rotatable bonds is 18. The van der Waals surface area contributed by atoms with Crippen molar-refractivity contribution >= 4 is 18.1 Å². The summed E-state index contributed by atoms with van der Waals surface area (Å²) in [5.74, 6) is -0.197. The Labute approximate surface area is 220 Å². The fourth-order valence-corrected chi connectivity index (χ4v) is 3.64. The molecule has 0 unspecified atom stereocenters. The summed E-state index contributed by atoms with van der Waals surface area (Å²) in [6.45, 7) is 14.1. The maximum Gasteiger partial charge on any atom is 0.408 e. The molecule has 0 spiro atoms. The van der Waals surface area contributed by atoms with Gasteiger partial charge in [0, 0.05) is 13.1 Å². The molecule has 0 aromatic carbocycles. The van der Waals surface area contributed by atoms with Gasteiger partial charge in [-0.05, 0) is 67.2 Å². The van der Waals surface area contributed by atoms with Crippen molar-refractivity contribution in [3.05, 3.63) is 0 Å². The van der Waals surface area contributed by atoms with Crippen LogP contribution in [-0.2, 0) is 14.3 Å². The molecule has 0 heterocycles. The molecule has 8 nitrogen and oxygen atoms in total. The van der Waals surface area contributed by atoms with Crippen LogP contribution in [0.2, 0.25) is 0 Å². The fourth-order valence-electron chi connectivity index (χ4n) is 3.64. The Kier molecular flexibility index (Phi) is 18.1. The molecule has 0 radical (unpaired) electrons. The Hall–Kier alpha value is -1.99. The van der Waals surface area contributed by atoms with Crippen LogP contribution in [0, 0.1) is 0 Å². The van der Waals surface area contributed by atoms with Crippen molar-refractivity contribution < 1.29 is 23.9 Å². The van der Waals surface area contributed by atoms with Crippen LogP contribution in [0.15, 0.2) is 0 Å². The molecule has 212 valence electrons. The van der Waals surface area contributed by atoms with Gasteiger partial charge in [-0.2, -0.15) is 0 Å². The maximum atomic E-state index is 12.8. The summed E-state index contributed by atoms with van der Waals surface area (Å²) < 4.78 is 10.6. The molecular formula is C28H55N3O5. The van der Waals surface area contributed by atoms with Gasteiger partial charge in [-0.25, -0.2) is 9.59 Å². The number of carbonyl (C=O) groups excluding carboxylic acids is 3.